The van der Waals surface area contributed by atoms with Crippen LogP contribution in [-0.4, -0.2) is 21.2 Å². The zero-order valence-electron chi connectivity index (χ0n) is 9.91. The molecular formula is C13H7ClN2O4. The molecule has 0 aliphatic heterocycles. The summed E-state index contributed by atoms with van der Waals surface area (Å²) >= 11 is 5.67. The molecule has 3 rings (SSSR count). The van der Waals surface area contributed by atoms with Crippen LogP contribution in [-0.2, 0) is 0 Å². The lowest BCUT2D eigenvalue weighted by Crippen LogP contribution is -1.96. The zero-order valence-corrected chi connectivity index (χ0v) is 10.7. The van der Waals surface area contributed by atoms with Crippen molar-refractivity contribution < 1.29 is 18.8 Å². The van der Waals surface area contributed by atoms with E-state index in [0.717, 1.165) is 0 Å². The Kier molecular flexibility index (Phi) is 3.00. The molecule has 20 heavy (non-hydrogen) atoms. The molecule has 3 aromatic rings. The van der Waals surface area contributed by atoms with E-state index in [9.17, 15) is 4.79 Å². The first-order valence-corrected chi connectivity index (χ1v) is 5.94. The number of benzene rings is 1. The van der Waals surface area contributed by atoms with Crippen LogP contribution in [0.4, 0.5) is 0 Å². The predicted molar refractivity (Wildman–Crippen MR) is 69.4 cm³/mol. The molecule has 0 bridgehead atoms. The zero-order chi connectivity index (χ0) is 14.1. The number of aromatic carboxylic acids is 1. The number of carboxylic acid groups (broad SMARTS) is 1. The fraction of sp³-hybridized carbons (Fsp3) is 0. The van der Waals surface area contributed by atoms with Crippen LogP contribution in [0.15, 0.2) is 45.3 Å². The minimum absolute atomic E-state index is 0.148. The predicted octanol–water partition coefficient (Wildman–Crippen LogP) is 3.35. The van der Waals surface area contributed by atoms with Crippen molar-refractivity contribution in [1.29, 1.82) is 0 Å². The first kappa shape index (κ1) is 12.4. The highest BCUT2D eigenvalue weighted by Gasteiger charge is 2.14. The summed E-state index contributed by atoms with van der Waals surface area (Å²) in [6.07, 6.45) is 0. The molecule has 0 fully saturated rings. The smallest absolute Gasteiger partial charge is 0.335 e. The van der Waals surface area contributed by atoms with Gasteiger partial charge >= 0.3 is 5.97 Å². The average molecular weight is 291 g/mol. The van der Waals surface area contributed by atoms with Crippen molar-refractivity contribution in [2.75, 3.05) is 0 Å². The number of furan rings is 1. The third-order valence-electron chi connectivity index (χ3n) is 2.58. The van der Waals surface area contributed by atoms with Gasteiger partial charge in [0.2, 0.25) is 5.82 Å². The van der Waals surface area contributed by atoms with E-state index < -0.39 is 5.97 Å². The highest BCUT2D eigenvalue weighted by molar-refractivity contribution is 6.28. The molecule has 0 unspecified atom stereocenters. The number of rotatable bonds is 3. The van der Waals surface area contributed by atoms with Gasteiger partial charge in [-0.05, 0) is 35.9 Å². The SMILES string of the molecule is O=C(O)c1cccc(-c2noc(-c3ccc(Cl)o3)n2)c1. The molecule has 0 spiro atoms. The second kappa shape index (κ2) is 4.82. The molecule has 6 nitrogen and oxygen atoms in total. The third-order valence-corrected chi connectivity index (χ3v) is 2.78. The van der Waals surface area contributed by atoms with E-state index in [4.69, 9.17) is 25.6 Å². The van der Waals surface area contributed by atoms with Crippen LogP contribution in [0.5, 0.6) is 0 Å². The third kappa shape index (κ3) is 2.28. The summed E-state index contributed by atoms with van der Waals surface area (Å²) in [4.78, 5) is 15.1. The lowest BCUT2D eigenvalue weighted by molar-refractivity contribution is 0.0697. The Balaban J connectivity index is 1.98. The number of aromatic nitrogens is 2. The summed E-state index contributed by atoms with van der Waals surface area (Å²) in [7, 11) is 0. The molecule has 2 aromatic heterocycles. The van der Waals surface area contributed by atoms with Crippen LogP contribution in [0.25, 0.3) is 23.0 Å². The Morgan fingerprint density at radius 3 is 2.80 bits per heavy atom. The summed E-state index contributed by atoms with van der Waals surface area (Å²) in [5.74, 6) is -0.222. The number of carboxylic acids is 1. The van der Waals surface area contributed by atoms with Crippen molar-refractivity contribution in [2.45, 2.75) is 0 Å². The Hall–Kier alpha value is -2.60. The van der Waals surface area contributed by atoms with Crippen LogP contribution in [0.2, 0.25) is 5.22 Å². The maximum absolute atomic E-state index is 10.9. The number of carbonyl (C=O) groups is 1. The van der Waals surface area contributed by atoms with Crippen LogP contribution in [0.3, 0.4) is 0 Å². The maximum Gasteiger partial charge on any atom is 0.335 e. The van der Waals surface area contributed by atoms with Gasteiger partial charge in [0.1, 0.15) is 0 Å². The first-order chi connectivity index (χ1) is 9.63. The Bertz CT molecular complexity index is 778. The van der Waals surface area contributed by atoms with E-state index in [2.05, 4.69) is 10.1 Å². The van der Waals surface area contributed by atoms with Crippen LogP contribution in [0, 0.1) is 0 Å². The fourth-order valence-corrected chi connectivity index (χ4v) is 1.81. The molecular weight excluding hydrogens is 284 g/mol. The van der Waals surface area contributed by atoms with Gasteiger partial charge in [-0.15, -0.1) is 0 Å². The summed E-state index contributed by atoms with van der Waals surface area (Å²) in [6, 6.07) is 9.42. The summed E-state index contributed by atoms with van der Waals surface area (Å²) in [5, 5.41) is 13.0. The fourth-order valence-electron chi connectivity index (χ4n) is 1.66. The first-order valence-electron chi connectivity index (χ1n) is 5.56. The molecule has 1 aromatic carbocycles. The largest absolute Gasteiger partial charge is 0.478 e. The van der Waals surface area contributed by atoms with Crippen LogP contribution < -0.4 is 0 Å². The molecule has 0 radical (unpaired) electrons. The molecule has 0 aliphatic rings. The molecule has 0 atom stereocenters. The molecule has 100 valence electrons. The number of nitrogens with zero attached hydrogens (tertiary/aromatic N) is 2. The van der Waals surface area contributed by atoms with Gasteiger partial charge in [-0.2, -0.15) is 4.98 Å². The van der Waals surface area contributed by atoms with Gasteiger partial charge in [0, 0.05) is 5.56 Å². The average Bonchev–Trinajstić information content (AvgIpc) is 3.07. The van der Waals surface area contributed by atoms with E-state index >= 15 is 0 Å². The van der Waals surface area contributed by atoms with E-state index in [1.807, 2.05) is 0 Å². The molecule has 0 saturated carbocycles. The van der Waals surface area contributed by atoms with Gasteiger partial charge in [-0.3, -0.25) is 0 Å². The minimum Gasteiger partial charge on any atom is -0.478 e. The monoisotopic (exact) mass is 290 g/mol. The van der Waals surface area contributed by atoms with Gasteiger partial charge < -0.3 is 14.0 Å². The Morgan fingerprint density at radius 1 is 1.25 bits per heavy atom. The van der Waals surface area contributed by atoms with Gasteiger partial charge in [0.25, 0.3) is 5.89 Å². The molecule has 1 N–H and O–H groups in total. The molecule has 7 heteroatoms. The molecule has 2 heterocycles. The van der Waals surface area contributed by atoms with Gasteiger partial charge in [0.15, 0.2) is 11.0 Å². The lowest BCUT2D eigenvalue weighted by atomic mass is 10.1. The van der Waals surface area contributed by atoms with E-state index in [0.29, 0.717) is 11.3 Å². The van der Waals surface area contributed by atoms with Crippen molar-refractivity contribution in [2.24, 2.45) is 0 Å². The normalized spacial score (nSPS) is 10.7. The Labute approximate surface area is 117 Å². The summed E-state index contributed by atoms with van der Waals surface area (Å²) in [5.41, 5.74) is 0.687. The maximum atomic E-state index is 10.9. The topological polar surface area (TPSA) is 89.4 Å². The van der Waals surface area contributed by atoms with Gasteiger partial charge in [0.05, 0.1) is 5.56 Å². The Morgan fingerprint density at radius 2 is 2.10 bits per heavy atom. The van der Waals surface area contributed by atoms with Crippen LogP contribution in [0.1, 0.15) is 10.4 Å². The summed E-state index contributed by atoms with van der Waals surface area (Å²) in [6.45, 7) is 0. The second-order valence-corrected chi connectivity index (χ2v) is 4.29. The van der Waals surface area contributed by atoms with Gasteiger partial charge in [-0.25, -0.2) is 4.79 Å². The van der Waals surface area contributed by atoms with Crippen molar-refractivity contribution in [3.05, 3.63) is 47.2 Å². The van der Waals surface area contributed by atoms with Crippen LogP contribution >= 0.6 is 11.6 Å². The molecule has 0 amide bonds. The van der Waals surface area contributed by atoms with E-state index in [-0.39, 0.29) is 22.5 Å². The number of hydrogen-bond acceptors (Lipinski definition) is 5. The second-order valence-electron chi connectivity index (χ2n) is 3.91. The van der Waals surface area contributed by atoms with Crippen molar-refractivity contribution in [3.8, 4) is 23.0 Å². The number of hydrogen-bond donors (Lipinski definition) is 1. The quantitative estimate of drug-likeness (QED) is 0.795. The van der Waals surface area contributed by atoms with Crippen molar-refractivity contribution in [1.82, 2.24) is 10.1 Å². The lowest BCUT2D eigenvalue weighted by Gasteiger charge is -1.96. The minimum atomic E-state index is -1.02. The highest BCUT2D eigenvalue weighted by atomic mass is 35.5. The summed E-state index contributed by atoms with van der Waals surface area (Å²) < 4.78 is 10.2. The molecule has 0 aliphatic carbocycles. The number of halogens is 1. The standard InChI is InChI=1S/C13H7ClN2O4/c14-10-5-4-9(19-10)12-15-11(16-20-12)7-2-1-3-8(6-7)13(17)18/h1-6H,(H,17,18). The molecule has 0 saturated heterocycles. The van der Waals surface area contributed by atoms with Gasteiger partial charge in [-0.1, -0.05) is 17.3 Å². The highest BCUT2D eigenvalue weighted by Crippen LogP contribution is 2.25. The van der Waals surface area contributed by atoms with E-state index in [1.165, 1.54) is 12.1 Å². The van der Waals surface area contributed by atoms with Crippen molar-refractivity contribution >= 4 is 17.6 Å². The van der Waals surface area contributed by atoms with E-state index in [1.54, 1.807) is 24.3 Å². The van der Waals surface area contributed by atoms with Crippen molar-refractivity contribution in [3.63, 3.8) is 0 Å².